The molecule has 1 aromatic heterocycles. The van der Waals surface area contributed by atoms with Gasteiger partial charge in [0, 0.05) is 22.4 Å². The third-order valence-corrected chi connectivity index (χ3v) is 11.7. The van der Waals surface area contributed by atoms with Crippen LogP contribution >= 0.6 is 0 Å². The van der Waals surface area contributed by atoms with Crippen LogP contribution in [-0.2, 0) is 0 Å². The molecule has 0 amide bonds. The van der Waals surface area contributed by atoms with Gasteiger partial charge in [0.1, 0.15) is 12.0 Å². The Hall–Kier alpha value is -7.43. The van der Waals surface area contributed by atoms with E-state index in [0.717, 1.165) is 28.1 Å². The van der Waals surface area contributed by atoms with Crippen LogP contribution in [0.1, 0.15) is 11.7 Å². The van der Waals surface area contributed by atoms with Crippen LogP contribution in [0.5, 0.6) is 0 Å². The van der Waals surface area contributed by atoms with Crippen LogP contribution < -0.4 is 10.2 Å². The van der Waals surface area contributed by atoms with Crippen LogP contribution in [0, 0.1) is 0 Å². The fourth-order valence-corrected chi connectivity index (χ4v) is 8.99. The van der Waals surface area contributed by atoms with Gasteiger partial charge in [0.2, 0.25) is 0 Å². The lowest BCUT2D eigenvalue weighted by atomic mass is 9.88. The molecule has 9 aromatic carbocycles. The molecule has 0 fully saturated rings. The molecule has 0 saturated heterocycles. The summed E-state index contributed by atoms with van der Waals surface area (Å²) >= 11 is 0. The molecule has 262 valence electrons. The molecule has 12 rings (SSSR count). The number of imidazole rings is 1. The first-order chi connectivity index (χ1) is 27.7. The minimum atomic E-state index is 0.0723. The first-order valence-electron chi connectivity index (χ1n) is 19.2. The number of anilines is 3. The van der Waals surface area contributed by atoms with Gasteiger partial charge >= 0.3 is 0 Å². The second kappa shape index (κ2) is 12.0. The van der Waals surface area contributed by atoms with Gasteiger partial charge in [-0.25, -0.2) is 4.98 Å². The highest BCUT2D eigenvalue weighted by Crippen LogP contribution is 2.54. The molecule has 0 aliphatic carbocycles. The molecule has 2 aliphatic heterocycles. The Morgan fingerprint density at radius 2 is 0.982 bits per heavy atom. The lowest BCUT2D eigenvalue weighted by Crippen LogP contribution is -2.27. The third kappa shape index (κ3) is 4.76. The number of aromatic nitrogens is 2. The Morgan fingerprint density at radius 1 is 0.429 bits per heavy atom. The van der Waals surface area contributed by atoms with E-state index >= 15 is 0 Å². The Bertz CT molecular complexity index is 3200. The zero-order chi connectivity index (χ0) is 36.7. The number of rotatable bonds is 4. The molecule has 3 heterocycles. The highest BCUT2D eigenvalue weighted by molar-refractivity contribution is 5.98. The van der Waals surface area contributed by atoms with Gasteiger partial charge in [-0.15, -0.1) is 0 Å². The minimum absolute atomic E-state index is 0.0723. The zero-order valence-corrected chi connectivity index (χ0v) is 30.4. The van der Waals surface area contributed by atoms with E-state index < -0.39 is 0 Å². The molecule has 1 unspecified atom stereocenters. The SMILES string of the molecule is c1ccc(-n2c(-c3ccc4cc(-c5ccc6cc(-c7ccc8c(c7)-c7ccccc7N7c9ccccc9NC87)ccc6c5)ccc4c3)nc3ccccc32)cc1. The van der Waals surface area contributed by atoms with Crippen molar-refractivity contribution in [2.24, 2.45) is 0 Å². The minimum Gasteiger partial charge on any atom is -0.359 e. The van der Waals surface area contributed by atoms with Crippen molar-refractivity contribution >= 4 is 49.6 Å². The third-order valence-electron chi connectivity index (χ3n) is 11.7. The molecule has 0 spiro atoms. The normalized spacial score (nSPS) is 14.0. The molecule has 4 nitrogen and oxygen atoms in total. The van der Waals surface area contributed by atoms with E-state index in [1.54, 1.807) is 0 Å². The van der Waals surface area contributed by atoms with Gasteiger partial charge in [0.25, 0.3) is 0 Å². The molecule has 10 aromatic rings. The average Bonchev–Trinajstić information content (AvgIpc) is 3.86. The quantitative estimate of drug-likeness (QED) is 0.197. The number of hydrogen-bond donors (Lipinski definition) is 1. The fourth-order valence-electron chi connectivity index (χ4n) is 8.99. The van der Waals surface area contributed by atoms with Crippen molar-refractivity contribution in [1.82, 2.24) is 9.55 Å². The van der Waals surface area contributed by atoms with Crippen molar-refractivity contribution in [3.05, 3.63) is 200 Å². The van der Waals surface area contributed by atoms with Crippen molar-refractivity contribution in [2.75, 3.05) is 10.2 Å². The Morgan fingerprint density at radius 3 is 1.71 bits per heavy atom. The van der Waals surface area contributed by atoms with Crippen LogP contribution in [0.15, 0.2) is 194 Å². The molecular formula is C52H34N4. The maximum Gasteiger partial charge on any atom is 0.145 e. The van der Waals surface area contributed by atoms with Crippen molar-refractivity contribution < 1.29 is 0 Å². The van der Waals surface area contributed by atoms with Gasteiger partial charge in [-0.2, -0.15) is 0 Å². The molecule has 2 aliphatic rings. The predicted octanol–water partition coefficient (Wildman–Crippen LogP) is 13.6. The van der Waals surface area contributed by atoms with Gasteiger partial charge in [-0.3, -0.25) is 4.57 Å². The Balaban J connectivity index is 0.866. The summed E-state index contributed by atoms with van der Waals surface area (Å²) < 4.78 is 2.26. The van der Waals surface area contributed by atoms with Crippen LogP contribution in [0.3, 0.4) is 0 Å². The van der Waals surface area contributed by atoms with E-state index in [1.807, 2.05) is 0 Å². The summed E-state index contributed by atoms with van der Waals surface area (Å²) in [5, 5.41) is 8.65. The molecule has 0 radical (unpaired) electrons. The monoisotopic (exact) mass is 714 g/mol. The van der Waals surface area contributed by atoms with Crippen LogP contribution in [-0.4, -0.2) is 9.55 Å². The predicted molar refractivity (Wildman–Crippen MR) is 233 cm³/mol. The molecule has 4 heteroatoms. The molecular weight excluding hydrogens is 681 g/mol. The van der Waals surface area contributed by atoms with Crippen molar-refractivity contribution in [1.29, 1.82) is 0 Å². The Kier molecular flexibility index (Phi) is 6.66. The summed E-state index contributed by atoms with van der Waals surface area (Å²) in [4.78, 5) is 7.53. The molecule has 0 bridgehead atoms. The summed E-state index contributed by atoms with van der Waals surface area (Å²) in [6.07, 6.45) is 0.0723. The standard InChI is InChI=1S/C52H34N4/c1-2-10-42(11-3-1)55-49-16-8-5-13-46(49)53-51(55)41-25-24-37-29-35(21-23-39(37)31-41)33-18-19-36-30-38(22-20-34(36)28-33)40-26-27-44-45(32-40)43-12-4-7-15-48(43)56-50-17-9-6-14-47(50)54-52(44)56/h1-32,52,54H. The Labute approximate surface area is 324 Å². The summed E-state index contributed by atoms with van der Waals surface area (Å²) in [7, 11) is 0. The van der Waals surface area contributed by atoms with Crippen LogP contribution in [0.2, 0.25) is 0 Å². The number of nitrogens with zero attached hydrogens (tertiary/aromatic N) is 3. The van der Waals surface area contributed by atoms with Crippen LogP contribution in [0.4, 0.5) is 17.1 Å². The van der Waals surface area contributed by atoms with Gasteiger partial charge in [0.15, 0.2) is 0 Å². The van der Waals surface area contributed by atoms with E-state index in [-0.39, 0.29) is 6.17 Å². The lowest BCUT2D eigenvalue weighted by Gasteiger charge is -2.35. The highest BCUT2D eigenvalue weighted by atomic mass is 15.3. The largest absolute Gasteiger partial charge is 0.359 e. The number of para-hydroxylation sites is 6. The maximum absolute atomic E-state index is 5.09. The second-order valence-corrected chi connectivity index (χ2v) is 14.9. The molecule has 1 atom stereocenters. The summed E-state index contributed by atoms with van der Waals surface area (Å²) in [6, 6.07) is 70.4. The van der Waals surface area contributed by atoms with Gasteiger partial charge in [-0.05, 0) is 122 Å². The summed E-state index contributed by atoms with van der Waals surface area (Å²) in [5.41, 5.74) is 16.6. The summed E-state index contributed by atoms with van der Waals surface area (Å²) in [5.74, 6) is 0.945. The topological polar surface area (TPSA) is 33.1 Å². The van der Waals surface area contributed by atoms with Gasteiger partial charge < -0.3 is 10.2 Å². The lowest BCUT2D eigenvalue weighted by molar-refractivity contribution is 0.819. The molecule has 56 heavy (non-hydrogen) atoms. The van der Waals surface area contributed by atoms with E-state index in [4.69, 9.17) is 4.98 Å². The van der Waals surface area contributed by atoms with E-state index in [9.17, 15) is 0 Å². The van der Waals surface area contributed by atoms with Gasteiger partial charge in [0.05, 0.1) is 28.1 Å². The maximum atomic E-state index is 5.09. The smallest absolute Gasteiger partial charge is 0.145 e. The van der Waals surface area contributed by atoms with Crippen molar-refractivity contribution in [2.45, 2.75) is 6.17 Å². The molecule has 1 N–H and O–H groups in total. The first kappa shape index (κ1) is 31.0. The number of fused-ring (bicyclic) bond motifs is 11. The highest BCUT2D eigenvalue weighted by Gasteiger charge is 2.37. The van der Waals surface area contributed by atoms with E-state index in [2.05, 4.69) is 209 Å². The summed E-state index contributed by atoms with van der Waals surface area (Å²) in [6.45, 7) is 0. The second-order valence-electron chi connectivity index (χ2n) is 14.9. The van der Waals surface area contributed by atoms with Crippen molar-refractivity contribution in [3.8, 4) is 50.5 Å². The average molecular weight is 715 g/mol. The first-order valence-corrected chi connectivity index (χ1v) is 19.2. The van der Waals surface area contributed by atoms with Crippen molar-refractivity contribution in [3.63, 3.8) is 0 Å². The van der Waals surface area contributed by atoms with Gasteiger partial charge in [-0.1, -0.05) is 121 Å². The number of benzene rings is 9. The van der Waals surface area contributed by atoms with E-state index in [0.29, 0.717) is 0 Å². The zero-order valence-electron chi connectivity index (χ0n) is 30.4. The number of nitrogens with one attached hydrogen (secondary N) is 1. The molecule has 0 saturated carbocycles. The van der Waals surface area contributed by atoms with Crippen LogP contribution in [0.25, 0.3) is 83.0 Å². The van der Waals surface area contributed by atoms with E-state index in [1.165, 1.54) is 77.6 Å². The number of hydrogen-bond acceptors (Lipinski definition) is 3. The fraction of sp³-hybridized carbons (Fsp3) is 0.0192.